The maximum atomic E-state index is 12.4. The minimum atomic E-state index is -1.60. The highest BCUT2D eigenvalue weighted by Gasteiger charge is 2.36. The Morgan fingerprint density at radius 2 is 1.63 bits per heavy atom. The topological polar surface area (TPSA) is 63.7 Å². The zero-order valence-electron chi connectivity index (χ0n) is 16.5. The number of nitrogens with zero attached hydrogens (tertiary/aromatic N) is 1. The number of carbonyl (C=O) groups excluding carboxylic acids is 2. The summed E-state index contributed by atoms with van der Waals surface area (Å²) in [5.41, 5.74) is 0. The van der Waals surface area contributed by atoms with Crippen LogP contribution in [0.4, 0.5) is 0 Å². The van der Waals surface area contributed by atoms with E-state index >= 15 is 0 Å². The largest absolute Gasteiger partial charge is 0.469 e. The first-order valence-electron chi connectivity index (χ1n) is 9.86. The molecule has 5 nitrogen and oxygen atoms in total. The van der Waals surface area contributed by atoms with Gasteiger partial charge < -0.3 is 4.74 Å². The molecule has 0 spiro atoms. The highest BCUT2D eigenvalue weighted by Crippen LogP contribution is 2.35. The van der Waals surface area contributed by atoms with Crippen LogP contribution in [0.25, 0.3) is 0 Å². The minimum Gasteiger partial charge on any atom is -0.469 e. The number of amides is 1. The normalized spacial score (nSPS) is 17.1. The molecule has 8 heteroatoms. The molecule has 1 aliphatic heterocycles. The third-order valence-corrected chi connectivity index (χ3v) is 8.02. The molecule has 27 heavy (non-hydrogen) atoms. The number of hydrogen-bond donors (Lipinski definition) is 0. The smallest absolute Gasteiger partial charge is 0.307 e. The molecule has 0 fully saturated rings. The van der Waals surface area contributed by atoms with E-state index in [-0.39, 0.29) is 18.0 Å². The quantitative estimate of drug-likeness (QED) is 0.263. The fraction of sp³-hybridized carbons (Fsp3) is 0.789. The molecule has 0 radical (unpaired) electrons. The third-order valence-electron chi connectivity index (χ3n) is 4.43. The molecule has 0 aromatic carbocycles. The van der Waals surface area contributed by atoms with E-state index in [1.807, 2.05) is 0 Å². The molecule has 0 bridgehead atoms. The molecule has 1 unspecified atom stereocenters. The van der Waals surface area contributed by atoms with Crippen LogP contribution in [0.2, 0.25) is 0 Å². The van der Waals surface area contributed by atoms with Gasteiger partial charge in [0.2, 0.25) is 0 Å². The van der Waals surface area contributed by atoms with E-state index < -0.39 is 22.9 Å². The third kappa shape index (κ3) is 9.01. The number of carbonyl (C=O) groups is 2. The van der Waals surface area contributed by atoms with Crippen molar-refractivity contribution in [1.82, 2.24) is 4.31 Å². The maximum absolute atomic E-state index is 12.4. The van der Waals surface area contributed by atoms with E-state index in [4.69, 9.17) is 11.6 Å². The van der Waals surface area contributed by atoms with Crippen LogP contribution in [0.5, 0.6) is 0 Å². The molecule has 0 aliphatic carbocycles. The van der Waals surface area contributed by atoms with Gasteiger partial charge >= 0.3 is 5.97 Å². The van der Waals surface area contributed by atoms with Crippen molar-refractivity contribution >= 4 is 46.2 Å². The summed E-state index contributed by atoms with van der Waals surface area (Å²) in [6.07, 6.45) is 12.6. The highest BCUT2D eigenvalue weighted by atomic mass is 35.5. The summed E-state index contributed by atoms with van der Waals surface area (Å²) in [5, 5.41) is 0.0234. The van der Waals surface area contributed by atoms with E-state index in [1.165, 1.54) is 70.2 Å². The lowest BCUT2D eigenvalue weighted by molar-refractivity contribution is -0.140. The van der Waals surface area contributed by atoms with Crippen molar-refractivity contribution in [2.75, 3.05) is 19.4 Å². The van der Waals surface area contributed by atoms with Crippen LogP contribution < -0.4 is 0 Å². The van der Waals surface area contributed by atoms with Gasteiger partial charge in [-0.15, -0.1) is 11.8 Å². The summed E-state index contributed by atoms with van der Waals surface area (Å²) in [4.78, 5) is 23.3. The van der Waals surface area contributed by atoms with Crippen molar-refractivity contribution < 1.29 is 18.5 Å². The zero-order valence-corrected chi connectivity index (χ0v) is 18.9. The first-order chi connectivity index (χ1) is 13.0. The molecule has 0 saturated heterocycles. The Morgan fingerprint density at radius 1 is 1.07 bits per heavy atom. The Bertz CT molecular complexity index is 540. The van der Waals surface area contributed by atoms with Crippen molar-refractivity contribution in [3.05, 3.63) is 9.27 Å². The van der Waals surface area contributed by atoms with Crippen molar-refractivity contribution in [2.24, 2.45) is 0 Å². The standard InChI is InChI=1S/C19H32ClNO4S2/c1-3-4-5-6-7-8-9-10-11-12-15-26-19-17(20)18(23)21(27(19)24)14-13-16(22)25-2/h3-15H2,1-2H3. The van der Waals surface area contributed by atoms with Gasteiger partial charge in [-0.1, -0.05) is 76.3 Å². The number of esters is 1. The van der Waals surface area contributed by atoms with Crippen molar-refractivity contribution in [1.29, 1.82) is 0 Å². The molecular formula is C19H32ClNO4S2. The molecule has 0 saturated carbocycles. The van der Waals surface area contributed by atoms with E-state index in [1.54, 1.807) is 0 Å². The predicted octanol–water partition coefficient (Wildman–Crippen LogP) is 5.12. The Labute approximate surface area is 175 Å². The second-order valence-corrected chi connectivity index (χ2v) is 9.70. The zero-order chi connectivity index (χ0) is 20.1. The van der Waals surface area contributed by atoms with E-state index in [0.717, 1.165) is 22.9 Å². The van der Waals surface area contributed by atoms with E-state index in [2.05, 4.69) is 11.7 Å². The van der Waals surface area contributed by atoms with E-state index in [9.17, 15) is 13.8 Å². The molecule has 1 heterocycles. The average molecular weight is 438 g/mol. The summed E-state index contributed by atoms with van der Waals surface area (Å²) >= 11 is 7.45. The lowest BCUT2D eigenvalue weighted by Crippen LogP contribution is -2.29. The number of unbranched alkanes of at least 4 members (excludes halogenated alkanes) is 9. The summed E-state index contributed by atoms with van der Waals surface area (Å²) in [6, 6.07) is 0. The molecule has 156 valence electrons. The summed E-state index contributed by atoms with van der Waals surface area (Å²) < 4.78 is 18.5. The van der Waals surface area contributed by atoms with Crippen LogP contribution >= 0.6 is 23.4 Å². The van der Waals surface area contributed by atoms with Gasteiger partial charge in [0, 0.05) is 6.54 Å². The summed E-state index contributed by atoms with van der Waals surface area (Å²) in [6.45, 7) is 2.29. The summed E-state index contributed by atoms with van der Waals surface area (Å²) in [5.74, 6) is -0.113. The van der Waals surface area contributed by atoms with Crippen LogP contribution in [0.15, 0.2) is 9.27 Å². The second-order valence-electron chi connectivity index (χ2n) is 6.61. The molecule has 0 aromatic rings. The Morgan fingerprint density at radius 3 is 2.19 bits per heavy atom. The van der Waals surface area contributed by atoms with Crippen molar-refractivity contribution in [2.45, 2.75) is 77.6 Å². The number of rotatable bonds is 15. The highest BCUT2D eigenvalue weighted by molar-refractivity contribution is 8.16. The molecule has 1 atom stereocenters. The first-order valence-corrected chi connectivity index (χ1v) is 12.3. The minimum absolute atomic E-state index is 0.00847. The fourth-order valence-corrected chi connectivity index (χ4v) is 5.92. The summed E-state index contributed by atoms with van der Waals surface area (Å²) in [7, 11) is -0.323. The molecular weight excluding hydrogens is 406 g/mol. The number of thioether (sulfide) groups is 1. The molecule has 0 aromatic heterocycles. The van der Waals surface area contributed by atoms with Crippen molar-refractivity contribution in [3.63, 3.8) is 0 Å². The van der Waals surface area contributed by atoms with Gasteiger partial charge in [-0.25, -0.2) is 4.21 Å². The second kappa shape index (κ2) is 14.5. The van der Waals surface area contributed by atoms with Crippen LogP contribution in [0.3, 0.4) is 0 Å². The number of hydrogen-bond acceptors (Lipinski definition) is 5. The Kier molecular flexibility index (Phi) is 13.1. The number of methoxy groups -OCH3 is 1. The van der Waals surface area contributed by atoms with Gasteiger partial charge in [0.25, 0.3) is 5.91 Å². The molecule has 1 rings (SSSR count). The van der Waals surface area contributed by atoms with Gasteiger partial charge in [0.15, 0.2) is 11.0 Å². The SMILES string of the molecule is CCCCCCCCCCCCSC1=C(Cl)C(=O)N(CCC(=O)OC)S1=O. The first kappa shape index (κ1) is 24.5. The maximum Gasteiger partial charge on any atom is 0.307 e. The molecule has 1 amide bonds. The van der Waals surface area contributed by atoms with E-state index in [0.29, 0.717) is 4.24 Å². The van der Waals surface area contributed by atoms with Gasteiger partial charge in [0.1, 0.15) is 9.27 Å². The Hall–Kier alpha value is -0.530. The van der Waals surface area contributed by atoms with Crippen molar-refractivity contribution in [3.8, 4) is 0 Å². The average Bonchev–Trinajstić information content (AvgIpc) is 2.87. The predicted molar refractivity (Wildman–Crippen MR) is 114 cm³/mol. The van der Waals surface area contributed by atoms with Crippen LogP contribution in [-0.2, 0) is 25.3 Å². The molecule has 0 N–H and O–H groups in total. The van der Waals surface area contributed by atoms with Crippen LogP contribution in [-0.4, -0.2) is 39.8 Å². The van der Waals surface area contributed by atoms with Crippen LogP contribution in [0.1, 0.15) is 77.6 Å². The number of halogens is 1. The lowest BCUT2D eigenvalue weighted by Gasteiger charge is -2.13. The number of ether oxygens (including phenoxy) is 1. The fourth-order valence-electron chi connectivity index (χ4n) is 2.80. The van der Waals surface area contributed by atoms with Gasteiger partial charge in [-0.3, -0.25) is 13.9 Å². The molecule has 1 aliphatic rings. The van der Waals surface area contributed by atoms with Gasteiger partial charge in [-0.05, 0) is 12.2 Å². The lowest BCUT2D eigenvalue weighted by atomic mass is 10.1. The monoisotopic (exact) mass is 437 g/mol. The van der Waals surface area contributed by atoms with Gasteiger partial charge in [-0.2, -0.15) is 0 Å². The van der Waals surface area contributed by atoms with Gasteiger partial charge in [0.05, 0.1) is 13.5 Å². The van der Waals surface area contributed by atoms with Crippen LogP contribution in [0, 0.1) is 0 Å². The Balaban J connectivity index is 2.18.